The number of hydrogen-bond donors (Lipinski definition) is 2. The Morgan fingerprint density at radius 1 is 1.05 bits per heavy atom. The quantitative estimate of drug-likeness (QED) is 0.248. The molecule has 0 unspecified atom stereocenters. The molecule has 1 aromatic heterocycles. The van der Waals surface area contributed by atoms with Crippen molar-refractivity contribution in [1.29, 1.82) is 0 Å². The highest BCUT2D eigenvalue weighted by molar-refractivity contribution is 7.14. The lowest BCUT2D eigenvalue weighted by atomic mass is 10.0. The van der Waals surface area contributed by atoms with Crippen LogP contribution in [0.2, 0.25) is 0 Å². The third-order valence-corrected chi connectivity index (χ3v) is 9.59. The number of unbranched alkanes of at least 4 members (excludes halogenated alkanes) is 1. The van der Waals surface area contributed by atoms with Crippen molar-refractivity contribution in [2.45, 2.75) is 64.3 Å². The molecule has 2 aliphatic heterocycles. The van der Waals surface area contributed by atoms with E-state index in [0.29, 0.717) is 41.3 Å². The summed E-state index contributed by atoms with van der Waals surface area (Å²) in [6.07, 6.45) is 7.11. The van der Waals surface area contributed by atoms with Gasteiger partial charge in [0.1, 0.15) is 5.75 Å². The molecule has 0 aliphatic carbocycles. The molecule has 234 valence electrons. The number of benzene rings is 2. The Bertz CT molecular complexity index is 1450. The largest absolute Gasteiger partial charge is 0.496 e. The Morgan fingerprint density at radius 3 is 2.50 bits per heavy atom. The van der Waals surface area contributed by atoms with Gasteiger partial charge in [0, 0.05) is 54.2 Å². The third-order valence-electron chi connectivity index (χ3n) is 8.83. The van der Waals surface area contributed by atoms with Gasteiger partial charge in [-0.25, -0.2) is 4.98 Å². The number of anilines is 1. The predicted molar refractivity (Wildman–Crippen MR) is 173 cm³/mol. The Kier molecular flexibility index (Phi) is 10.7. The molecule has 5 rings (SSSR count). The van der Waals surface area contributed by atoms with Gasteiger partial charge in [0.25, 0.3) is 11.8 Å². The number of aromatic nitrogens is 1. The number of likely N-dealkylation sites (tertiary alicyclic amines) is 2. The molecule has 2 aromatic carbocycles. The average molecular weight is 619 g/mol. The number of hydrogen-bond acceptors (Lipinski definition) is 7. The van der Waals surface area contributed by atoms with E-state index in [4.69, 9.17) is 9.84 Å². The number of carbonyl (C=O) groups is 3. The molecule has 9 nitrogen and oxygen atoms in total. The van der Waals surface area contributed by atoms with E-state index in [1.54, 1.807) is 31.4 Å². The number of nitrogens with zero attached hydrogens (tertiary/aromatic N) is 3. The summed E-state index contributed by atoms with van der Waals surface area (Å²) in [6, 6.07) is 13.4. The van der Waals surface area contributed by atoms with Crippen LogP contribution in [0.4, 0.5) is 5.13 Å². The number of carboxylic acids is 1. The molecular weight excluding hydrogens is 576 g/mol. The second-order valence-corrected chi connectivity index (χ2v) is 12.7. The smallest absolute Gasteiger partial charge is 0.303 e. The number of piperidine rings is 1. The van der Waals surface area contributed by atoms with Crippen molar-refractivity contribution in [2.24, 2.45) is 5.92 Å². The van der Waals surface area contributed by atoms with Gasteiger partial charge in [0.05, 0.1) is 12.8 Å². The van der Waals surface area contributed by atoms with Crippen LogP contribution in [0.1, 0.15) is 78.1 Å². The van der Waals surface area contributed by atoms with Crippen molar-refractivity contribution >= 4 is 34.3 Å². The van der Waals surface area contributed by atoms with Gasteiger partial charge in [-0.15, -0.1) is 11.3 Å². The van der Waals surface area contributed by atoms with Crippen molar-refractivity contribution in [3.63, 3.8) is 0 Å². The number of nitrogens with one attached hydrogen (secondary N) is 1. The van der Waals surface area contributed by atoms with Crippen LogP contribution >= 0.6 is 11.3 Å². The predicted octanol–water partition coefficient (Wildman–Crippen LogP) is 6.20. The SMILES string of the molecule is CCCCc1ccc(OC)c(-c2csc(NC(=O)c3ccc(C(=O)N4CCC(N5CC[C@@H](CCC(=O)O)C5)CC4)cc3)n2)c1. The van der Waals surface area contributed by atoms with E-state index in [9.17, 15) is 14.4 Å². The van der Waals surface area contributed by atoms with E-state index in [1.165, 1.54) is 16.9 Å². The maximum Gasteiger partial charge on any atom is 0.303 e. The standard InChI is InChI=1S/C34H42N4O5S/c1-3-4-5-23-6-12-30(43-2)28(20-23)29-22-44-34(35-29)36-32(41)25-8-10-26(11-9-25)33(42)37-18-15-27(16-19-37)38-17-14-24(21-38)7-13-31(39)40/h6,8-12,20,22,24,27H,3-5,7,13-19,21H2,1-2H3,(H,39,40)(H,35,36,41)/t24-/m1/s1. The van der Waals surface area contributed by atoms with Crippen molar-refractivity contribution in [3.8, 4) is 17.0 Å². The molecule has 0 bridgehead atoms. The van der Waals surface area contributed by atoms with Crippen LogP contribution in [0.5, 0.6) is 5.75 Å². The van der Waals surface area contributed by atoms with Crippen LogP contribution < -0.4 is 10.1 Å². The van der Waals surface area contributed by atoms with Crippen LogP contribution in [0.15, 0.2) is 47.8 Å². The van der Waals surface area contributed by atoms with E-state index in [1.807, 2.05) is 16.3 Å². The van der Waals surface area contributed by atoms with Crippen molar-refractivity contribution in [1.82, 2.24) is 14.8 Å². The summed E-state index contributed by atoms with van der Waals surface area (Å²) in [5.41, 5.74) is 3.93. The molecule has 2 fully saturated rings. The Morgan fingerprint density at radius 2 is 1.80 bits per heavy atom. The Balaban J connectivity index is 1.13. The minimum atomic E-state index is -0.724. The van der Waals surface area contributed by atoms with E-state index in [0.717, 1.165) is 75.0 Å². The summed E-state index contributed by atoms with van der Waals surface area (Å²) in [5, 5.41) is 14.3. The Labute approximate surface area is 263 Å². The Hall–Kier alpha value is -3.76. The van der Waals surface area contributed by atoms with Gasteiger partial charge in [0.2, 0.25) is 0 Å². The summed E-state index contributed by atoms with van der Waals surface area (Å²) in [5.74, 6) is 0.182. The van der Waals surface area contributed by atoms with E-state index >= 15 is 0 Å². The summed E-state index contributed by atoms with van der Waals surface area (Å²) >= 11 is 1.36. The van der Waals surface area contributed by atoms with E-state index in [2.05, 4.69) is 34.3 Å². The fourth-order valence-electron chi connectivity index (χ4n) is 6.25. The second-order valence-electron chi connectivity index (χ2n) is 11.8. The number of aliphatic carboxylic acids is 1. The first-order chi connectivity index (χ1) is 21.3. The summed E-state index contributed by atoms with van der Waals surface area (Å²) < 4.78 is 5.57. The number of thiazole rings is 1. The number of methoxy groups -OCH3 is 1. The van der Waals surface area contributed by atoms with Crippen LogP contribution in [0.3, 0.4) is 0 Å². The molecule has 0 spiro atoms. The zero-order valence-corrected chi connectivity index (χ0v) is 26.4. The molecule has 0 radical (unpaired) electrons. The maximum absolute atomic E-state index is 13.2. The fraction of sp³-hybridized carbons (Fsp3) is 0.471. The lowest BCUT2D eigenvalue weighted by Crippen LogP contribution is -2.46. The minimum absolute atomic E-state index is 0.0177. The molecule has 2 N–H and O–H groups in total. The monoisotopic (exact) mass is 618 g/mol. The third kappa shape index (κ3) is 7.84. The van der Waals surface area contributed by atoms with Gasteiger partial charge in [0.15, 0.2) is 5.13 Å². The average Bonchev–Trinajstić information content (AvgIpc) is 3.72. The highest BCUT2D eigenvalue weighted by Crippen LogP contribution is 2.34. The van der Waals surface area contributed by atoms with Gasteiger partial charge >= 0.3 is 5.97 Å². The first kappa shape index (κ1) is 31.7. The minimum Gasteiger partial charge on any atom is -0.496 e. The summed E-state index contributed by atoms with van der Waals surface area (Å²) in [6.45, 7) is 5.53. The normalized spacial score (nSPS) is 17.5. The number of aryl methyl sites for hydroxylation is 1. The van der Waals surface area contributed by atoms with Crippen LogP contribution in [-0.4, -0.2) is 77.0 Å². The zero-order valence-electron chi connectivity index (χ0n) is 25.6. The maximum atomic E-state index is 13.2. The van der Waals surface area contributed by atoms with E-state index < -0.39 is 5.97 Å². The molecule has 3 aromatic rings. The van der Waals surface area contributed by atoms with Gasteiger partial charge in [-0.3, -0.25) is 24.6 Å². The first-order valence-corrected chi connectivity index (χ1v) is 16.5. The fourth-order valence-corrected chi connectivity index (χ4v) is 6.96. The van der Waals surface area contributed by atoms with Crippen LogP contribution in [-0.2, 0) is 11.2 Å². The van der Waals surface area contributed by atoms with Crippen LogP contribution in [0.25, 0.3) is 11.3 Å². The van der Waals surface area contributed by atoms with Crippen LogP contribution in [0, 0.1) is 5.92 Å². The molecule has 2 aliphatic rings. The lowest BCUT2D eigenvalue weighted by molar-refractivity contribution is -0.137. The number of carbonyl (C=O) groups excluding carboxylic acids is 2. The molecule has 44 heavy (non-hydrogen) atoms. The van der Waals surface area contributed by atoms with Gasteiger partial charge in [-0.2, -0.15) is 0 Å². The number of amides is 2. The van der Waals surface area contributed by atoms with Gasteiger partial charge < -0.3 is 14.7 Å². The molecular formula is C34H42N4O5S. The number of carboxylic acid groups (broad SMARTS) is 1. The number of ether oxygens (including phenoxy) is 1. The molecule has 2 amide bonds. The second kappa shape index (κ2) is 14.8. The van der Waals surface area contributed by atoms with Gasteiger partial charge in [-0.1, -0.05) is 19.4 Å². The summed E-state index contributed by atoms with van der Waals surface area (Å²) in [4.78, 5) is 46.1. The number of rotatable bonds is 12. The molecule has 2 saturated heterocycles. The topological polar surface area (TPSA) is 112 Å². The van der Waals surface area contributed by atoms with E-state index in [-0.39, 0.29) is 18.2 Å². The molecule has 0 saturated carbocycles. The molecule has 3 heterocycles. The zero-order chi connectivity index (χ0) is 31.1. The van der Waals surface area contributed by atoms with Crippen molar-refractivity contribution < 1.29 is 24.2 Å². The molecule has 1 atom stereocenters. The van der Waals surface area contributed by atoms with Gasteiger partial charge in [-0.05, 0) is 92.9 Å². The first-order valence-electron chi connectivity index (χ1n) is 15.6. The lowest BCUT2D eigenvalue weighted by Gasteiger charge is -2.37. The molecule has 10 heteroatoms. The highest BCUT2D eigenvalue weighted by atomic mass is 32.1. The summed E-state index contributed by atoms with van der Waals surface area (Å²) in [7, 11) is 1.65. The van der Waals surface area contributed by atoms with Crippen molar-refractivity contribution in [2.75, 3.05) is 38.6 Å². The highest BCUT2D eigenvalue weighted by Gasteiger charge is 2.32. The van der Waals surface area contributed by atoms with Crippen molar-refractivity contribution in [3.05, 3.63) is 64.5 Å².